The molecule has 2 fully saturated rings. The van der Waals surface area contributed by atoms with E-state index in [0.29, 0.717) is 32.0 Å². The van der Waals surface area contributed by atoms with Crippen LogP contribution in [0.5, 0.6) is 0 Å². The maximum Gasteiger partial charge on any atom is 0.315 e. The first-order chi connectivity index (χ1) is 11.1. The van der Waals surface area contributed by atoms with E-state index >= 15 is 0 Å². The van der Waals surface area contributed by atoms with E-state index in [1.54, 1.807) is 0 Å². The lowest BCUT2D eigenvalue weighted by atomic mass is 9.80. The van der Waals surface area contributed by atoms with Crippen LogP contribution in [0.1, 0.15) is 55.0 Å². The van der Waals surface area contributed by atoms with Gasteiger partial charge in [-0.3, -0.25) is 9.89 Å². The van der Waals surface area contributed by atoms with Gasteiger partial charge in [0, 0.05) is 43.2 Å². The fraction of sp³-hybridized carbons (Fsp3) is 0.688. The first kappa shape index (κ1) is 14.5. The molecule has 7 heteroatoms. The first-order valence-electron chi connectivity index (χ1n) is 8.56. The Hall–Kier alpha value is -2.05. The van der Waals surface area contributed by atoms with E-state index in [0.717, 1.165) is 18.5 Å². The molecule has 0 spiro atoms. The Kier molecular flexibility index (Phi) is 3.50. The molecule has 1 atom stereocenters. The molecule has 1 aromatic heterocycles. The van der Waals surface area contributed by atoms with Crippen molar-refractivity contribution in [3.63, 3.8) is 0 Å². The van der Waals surface area contributed by atoms with Gasteiger partial charge in [0.2, 0.25) is 5.91 Å². The summed E-state index contributed by atoms with van der Waals surface area (Å²) in [5.74, 6) is 0.589. The molecule has 0 radical (unpaired) electrons. The van der Waals surface area contributed by atoms with Gasteiger partial charge < -0.3 is 15.5 Å². The van der Waals surface area contributed by atoms with Crippen LogP contribution in [0.25, 0.3) is 0 Å². The van der Waals surface area contributed by atoms with Crippen molar-refractivity contribution in [2.75, 3.05) is 13.1 Å². The molecule has 1 saturated carbocycles. The van der Waals surface area contributed by atoms with Gasteiger partial charge in [-0.1, -0.05) is 6.42 Å². The second-order valence-corrected chi connectivity index (χ2v) is 6.89. The Balaban J connectivity index is 1.52. The highest BCUT2D eigenvalue weighted by molar-refractivity contribution is 5.87. The predicted octanol–water partition coefficient (Wildman–Crippen LogP) is 1.10. The van der Waals surface area contributed by atoms with Crippen LogP contribution in [-0.4, -0.2) is 51.1 Å². The zero-order valence-corrected chi connectivity index (χ0v) is 13.3. The smallest absolute Gasteiger partial charge is 0.315 e. The minimum atomic E-state index is -0.489. The van der Waals surface area contributed by atoms with E-state index in [1.807, 2.05) is 4.90 Å². The molecule has 1 aliphatic carbocycles. The van der Waals surface area contributed by atoms with Crippen molar-refractivity contribution in [2.24, 2.45) is 5.73 Å². The van der Waals surface area contributed by atoms with Crippen molar-refractivity contribution in [3.8, 4) is 0 Å². The number of hydrogen-bond acceptors (Lipinski definition) is 3. The summed E-state index contributed by atoms with van der Waals surface area (Å²) < 4.78 is 0. The van der Waals surface area contributed by atoms with E-state index in [-0.39, 0.29) is 11.9 Å². The van der Waals surface area contributed by atoms with Gasteiger partial charge in [-0.15, -0.1) is 0 Å². The van der Waals surface area contributed by atoms with Crippen LogP contribution in [0.3, 0.4) is 0 Å². The summed E-state index contributed by atoms with van der Waals surface area (Å²) in [6, 6.07) is -0.870. The topological polar surface area (TPSA) is 95.3 Å². The quantitative estimate of drug-likeness (QED) is 0.855. The number of hydrogen-bond donors (Lipinski definition) is 2. The van der Waals surface area contributed by atoms with E-state index in [2.05, 4.69) is 10.2 Å². The molecule has 0 bridgehead atoms. The summed E-state index contributed by atoms with van der Waals surface area (Å²) in [4.78, 5) is 27.8. The van der Waals surface area contributed by atoms with Crippen LogP contribution in [0, 0.1) is 0 Å². The lowest BCUT2D eigenvalue weighted by Gasteiger charge is -2.33. The van der Waals surface area contributed by atoms with Gasteiger partial charge in [0.25, 0.3) is 0 Å². The Morgan fingerprint density at radius 3 is 2.70 bits per heavy atom. The Labute approximate surface area is 135 Å². The maximum atomic E-state index is 12.9. The highest BCUT2D eigenvalue weighted by Crippen LogP contribution is 2.39. The van der Waals surface area contributed by atoms with Gasteiger partial charge in [-0.25, -0.2) is 4.79 Å². The summed E-state index contributed by atoms with van der Waals surface area (Å²) in [7, 11) is 0. The predicted molar refractivity (Wildman–Crippen MR) is 83.6 cm³/mol. The number of likely N-dealkylation sites (tertiary alicyclic amines) is 1. The summed E-state index contributed by atoms with van der Waals surface area (Å²) in [5, 5.41) is 7.67. The van der Waals surface area contributed by atoms with E-state index < -0.39 is 6.03 Å². The summed E-state index contributed by atoms with van der Waals surface area (Å²) >= 11 is 0. The number of urea groups is 1. The van der Waals surface area contributed by atoms with Crippen molar-refractivity contribution >= 4 is 11.9 Å². The molecule has 124 valence electrons. The number of fused-ring (bicyclic) bond motifs is 1. The van der Waals surface area contributed by atoms with Gasteiger partial charge in [0.15, 0.2) is 0 Å². The third-order valence-electron chi connectivity index (χ3n) is 5.59. The van der Waals surface area contributed by atoms with E-state index in [9.17, 15) is 9.59 Å². The van der Waals surface area contributed by atoms with Gasteiger partial charge >= 0.3 is 6.03 Å². The average molecular weight is 317 g/mol. The lowest BCUT2D eigenvalue weighted by Crippen LogP contribution is -2.50. The molecule has 0 aromatic carbocycles. The number of nitrogens with zero attached hydrogens (tertiary/aromatic N) is 3. The number of aromatic nitrogens is 2. The largest absolute Gasteiger partial charge is 0.351 e. The lowest BCUT2D eigenvalue weighted by molar-refractivity contribution is -0.136. The fourth-order valence-electron chi connectivity index (χ4n) is 4.02. The SMILES string of the molecule is NC(=O)N1CCC[C@H]1C(=O)N1CCc2[nH]nc(C3CCC3)c2C1. The van der Waals surface area contributed by atoms with Crippen molar-refractivity contribution in [1.29, 1.82) is 0 Å². The van der Waals surface area contributed by atoms with E-state index in [4.69, 9.17) is 5.73 Å². The van der Waals surface area contributed by atoms with Crippen molar-refractivity contribution in [2.45, 2.75) is 57.0 Å². The van der Waals surface area contributed by atoms with Crippen LogP contribution in [0.2, 0.25) is 0 Å². The number of carbonyl (C=O) groups excluding carboxylic acids is 2. The summed E-state index contributed by atoms with van der Waals surface area (Å²) in [5.41, 5.74) is 8.94. The third kappa shape index (κ3) is 2.38. The second kappa shape index (κ2) is 5.54. The van der Waals surface area contributed by atoms with E-state index in [1.165, 1.54) is 35.4 Å². The minimum Gasteiger partial charge on any atom is -0.351 e. The van der Waals surface area contributed by atoms with Crippen LogP contribution >= 0.6 is 0 Å². The number of nitrogens with one attached hydrogen (secondary N) is 1. The zero-order chi connectivity index (χ0) is 16.0. The molecule has 3 N–H and O–H groups in total. The molecule has 0 unspecified atom stereocenters. The fourth-order valence-corrected chi connectivity index (χ4v) is 4.02. The monoisotopic (exact) mass is 317 g/mol. The normalized spacial score (nSPS) is 24.4. The van der Waals surface area contributed by atoms with Gasteiger partial charge in [-0.05, 0) is 25.7 Å². The highest BCUT2D eigenvalue weighted by Gasteiger charge is 2.38. The van der Waals surface area contributed by atoms with Crippen LogP contribution in [0.4, 0.5) is 4.79 Å². The third-order valence-corrected chi connectivity index (χ3v) is 5.59. The Morgan fingerprint density at radius 2 is 2.00 bits per heavy atom. The van der Waals surface area contributed by atoms with Crippen molar-refractivity contribution < 1.29 is 9.59 Å². The maximum absolute atomic E-state index is 12.9. The van der Waals surface area contributed by atoms with Gasteiger partial charge in [0.05, 0.1) is 5.69 Å². The molecule has 2 aliphatic heterocycles. The Morgan fingerprint density at radius 1 is 1.17 bits per heavy atom. The average Bonchev–Trinajstić information content (AvgIpc) is 3.11. The van der Waals surface area contributed by atoms with Gasteiger partial charge in [0.1, 0.15) is 6.04 Å². The number of nitrogens with two attached hydrogens (primary N) is 1. The number of aromatic amines is 1. The molecule has 7 nitrogen and oxygen atoms in total. The molecule has 1 saturated heterocycles. The number of primary amides is 1. The number of amides is 3. The summed E-state index contributed by atoms with van der Waals surface area (Å²) in [6.45, 7) is 1.88. The summed E-state index contributed by atoms with van der Waals surface area (Å²) in [6.07, 6.45) is 6.03. The Bertz CT molecular complexity index is 636. The standard InChI is InChI=1S/C16H23N5O2/c17-16(23)21-7-2-5-13(21)15(22)20-8-6-12-11(9-20)14(19-18-12)10-3-1-4-10/h10,13H,1-9H2,(H2,17,23)(H,18,19)/t13-/m0/s1. The van der Waals surface area contributed by atoms with Crippen LogP contribution in [0.15, 0.2) is 0 Å². The van der Waals surface area contributed by atoms with Gasteiger partial charge in [-0.2, -0.15) is 5.10 Å². The molecule has 3 heterocycles. The number of carbonyl (C=O) groups is 2. The number of rotatable bonds is 2. The van der Waals surface area contributed by atoms with Crippen LogP contribution in [-0.2, 0) is 17.8 Å². The second-order valence-electron chi connectivity index (χ2n) is 6.89. The molecule has 1 aromatic rings. The van der Waals surface area contributed by atoms with Crippen LogP contribution < -0.4 is 5.73 Å². The molecule has 3 amide bonds. The minimum absolute atomic E-state index is 0.0349. The molecule has 3 aliphatic rings. The van der Waals surface area contributed by atoms with Crippen molar-refractivity contribution in [1.82, 2.24) is 20.0 Å². The molecule has 23 heavy (non-hydrogen) atoms. The zero-order valence-electron chi connectivity index (χ0n) is 13.3. The molecular formula is C16H23N5O2. The van der Waals surface area contributed by atoms with Crippen molar-refractivity contribution in [3.05, 3.63) is 17.0 Å². The molecule has 4 rings (SSSR count). The number of H-pyrrole nitrogens is 1. The molecular weight excluding hydrogens is 294 g/mol. The first-order valence-corrected chi connectivity index (χ1v) is 8.56. The highest BCUT2D eigenvalue weighted by atomic mass is 16.2.